The first-order valence-electron chi connectivity index (χ1n) is 6.06. The molecule has 0 aliphatic carbocycles. The fraction of sp³-hybridized carbons (Fsp3) is 0.417. The van der Waals surface area contributed by atoms with Gasteiger partial charge in [0.2, 0.25) is 0 Å². The van der Waals surface area contributed by atoms with Crippen molar-refractivity contribution in [3.63, 3.8) is 0 Å². The van der Waals surface area contributed by atoms with Gasteiger partial charge in [-0.05, 0) is 18.6 Å². The fourth-order valence-corrected chi connectivity index (χ4v) is 2.32. The highest BCUT2D eigenvalue weighted by atomic mass is 15.3. The van der Waals surface area contributed by atoms with Crippen LogP contribution >= 0.6 is 0 Å². The second-order valence-corrected chi connectivity index (χ2v) is 4.23. The van der Waals surface area contributed by atoms with Crippen molar-refractivity contribution in [2.45, 2.75) is 19.6 Å². The molecule has 90 valence electrons. The molecule has 0 amide bonds. The van der Waals surface area contributed by atoms with E-state index in [4.69, 9.17) is 0 Å². The highest BCUT2D eigenvalue weighted by molar-refractivity contribution is 5.84. The zero-order valence-corrected chi connectivity index (χ0v) is 9.88. The van der Waals surface area contributed by atoms with Crippen LogP contribution in [0.2, 0.25) is 0 Å². The van der Waals surface area contributed by atoms with Crippen LogP contribution in [0, 0.1) is 0 Å². The first-order valence-corrected chi connectivity index (χ1v) is 6.06. The largest absolute Gasteiger partial charge is 0.357 e. The summed E-state index contributed by atoms with van der Waals surface area (Å²) in [6, 6.07) is 4.18. The number of aromatic amines is 1. The average molecular weight is 231 g/mol. The van der Waals surface area contributed by atoms with E-state index in [2.05, 4.69) is 45.0 Å². The van der Waals surface area contributed by atoms with Gasteiger partial charge in [-0.15, -0.1) is 0 Å². The van der Waals surface area contributed by atoms with Crippen molar-refractivity contribution in [2.75, 3.05) is 18.4 Å². The molecule has 0 atom stereocenters. The number of nitrogens with one attached hydrogen (secondary N) is 4. The second kappa shape index (κ2) is 4.35. The molecular formula is C12H17N5. The number of aryl methyl sites for hydroxylation is 1. The molecule has 5 nitrogen and oxygen atoms in total. The van der Waals surface area contributed by atoms with E-state index in [-0.39, 0.29) is 6.29 Å². The van der Waals surface area contributed by atoms with E-state index in [1.54, 1.807) is 6.33 Å². The molecule has 2 aromatic rings. The Balaban J connectivity index is 1.96. The predicted octanol–water partition coefficient (Wildman–Crippen LogP) is 1.01. The number of H-pyrrole nitrogens is 1. The molecule has 2 heterocycles. The molecule has 17 heavy (non-hydrogen) atoms. The average Bonchev–Trinajstić information content (AvgIpc) is 2.98. The number of imidazole rings is 1. The number of hydrogen-bond donors (Lipinski definition) is 4. The number of hydrogen-bond acceptors (Lipinski definition) is 4. The van der Waals surface area contributed by atoms with Crippen molar-refractivity contribution in [2.24, 2.45) is 0 Å². The van der Waals surface area contributed by atoms with Gasteiger partial charge < -0.3 is 10.3 Å². The van der Waals surface area contributed by atoms with Gasteiger partial charge in [0.25, 0.3) is 0 Å². The molecule has 0 saturated carbocycles. The van der Waals surface area contributed by atoms with Gasteiger partial charge in [-0.2, -0.15) is 0 Å². The van der Waals surface area contributed by atoms with E-state index >= 15 is 0 Å². The molecular weight excluding hydrogens is 214 g/mol. The minimum atomic E-state index is 0.164. The Morgan fingerprint density at radius 2 is 2.18 bits per heavy atom. The Bertz CT molecular complexity index is 513. The van der Waals surface area contributed by atoms with Crippen molar-refractivity contribution in [1.29, 1.82) is 0 Å². The highest BCUT2D eigenvalue weighted by Crippen LogP contribution is 2.24. The maximum absolute atomic E-state index is 4.39. The Hall–Kier alpha value is -1.59. The first-order chi connectivity index (χ1) is 8.38. The highest BCUT2D eigenvalue weighted by Gasteiger charge is 2.15. The van der Waals surface area contributed by atoms with Crippen molar-refractivity contribution in [3.8, 4) is 0 Å². The Morgan fingerprint density at radius 1 is 1.35 bits per heavy atom. The number of aromatic nitrogens is 2. The van der Waals surface area contributed by atoms with E-state index in [0.29, 0.717) is 0 Å². The van der Waals surface area contributed by atoms with Crippen molar-refractivity contribution in [1.82, 2.24) is 20.6 Å². The van der Waals surface area contributed by atoms with Gasteiger partial charge in [0, 0.05) is 24.3 Å². The third-order valence-corrected chi connectivity index (χ3v) is 3.17. The summed E-state index contributed by atoms with van der Waals surface area (Å²) >= 11 is 0. The quantitative estimate of drug-likeness (QED) is 0.636. The molecule has 1 aliphatic rings. The first kappa shape index (κ1) is 10.6. The number of anilines is 1. The Labute approximate surface area is 100 Å². The standard InChI is InChI=1S/C12H17N5/c1-2-8-9(17-12-13-5-6-14-12)3-4-10-11(8)16-7-15-10/h3-4,7,12-14,17H,2,5-6H2,1H3,(H,15,16). The van der Waals surface area contributed by atoms with Crippen LogP contribution in [0.1, 0.15) is 12.5 Å². The molecule has 1 aromatic carbocycles. The van der Waals surface area contributed by atoms with E-state index in [1.165, 1.54) is 5.56 Å². The van der Waals surface area contributed by atoms with Crippen LogP contribution in [-0.2, 0) is 6.42 Å². The lowest BCUT2D eigenvalue weighted by molar-refractivity contribution is 0.620. The van der Waals surface area contributed by atoms with Crippen LogP contribution < -0.4 is 16.0 Å². The lowest BCUT2D eigenvalue weighted by Crippen LogP contribution is -2.39. The van der Waals surface area contributed by atoms with Gasteiger partial charge in [-0.1, -0.05) is 6.92 Å². The summed E-state index contributed by atoms with van der Waals surface area (Å²) in [7, 11) is 0. The summed E-state index contributed by atoms with van der Waals surface area (Å²) < 4.78 is 0. The van der Waals surface area contributed by atoms with Gasteiger partial charge in [-0.25, -0.2) is 4.98 Å². The van der Waals surface area contributed by atoms with Crippen molar-refractivity contribution < 1.29 is 0 Å². The summed E-state index contributed by atoms with van der Waals surface area (Å²) in [6.45, 7) is 4.16. The third-order valence-electron chi connectivity index (χ3n) is 3.17. The van der Waals surface area contributed by atoms with E-state index in [0.717, 1.165) is 36.2 Å². The summed E-state index contributed by atoms with van der Waals surface area (Å²) in [5.74, 6) is 0. The van der Waals surface area contributed by atoms with Crippen LogP contribution in [0.15, 0.2) is 18.5 Å². The number of rotatable bonds is 3. The van der Waals surface area contributed by atoms with Gasteiger partial charge in [0.15, 0.2) is 0 Å². The Kier molecular flexibility index (Phi) is 2.70. The van der Waals surface area contributed by atoms with Gasteiger partial charge >= 0.3 is 0 Å². The molecule has 3 rings (SSSR count). The monoisotopic (exact) mass is 231 g/mol. The maximum atomic E-state index is 4.39. The summed E-state index contributed by atoms with van der Waals surface area (Å²) in [4.78, 5) is 7.53. The van der Waals surface area contributed by atoms with E-state index in [1.807, 2.05) is 0 Å². The SMILES string of the molecule is CCc1c(NC2NCCN2)ccc2[nH]cnc12. The van der Waals surface area contributed by atoms with Crippen LogP contribution in [0.3, 0.4) is 0 Å². The Morgan fingerprint density at radius 3 is 2.94 bits per heavy atom. The van der Waals surface area contributed by atoms with Crippen LogP contribution in [0.4, 0.5) is 5.69 Å². The number of fused-ring (bicyclic) bond motifs is 1. The maximum Gasteiger partial charge on any atom is 0.132 e. The third kappa shape index (κ3) is 1.87. The molecule has 1 fully saturated rings. The van der Waals surface area contributed by atoms with Crippen LogP contribution in [0.25, 0.3) is 11.0 Å². The van der Waals surface area contributed by atoms with Gasteiger partial charge in [-0.3, -0.25) is 10.6 Å². The van der Waals surface area contributed by atoms with Crippen LogP contribution in [-0.4, -0.2) is 29.3 Å². The number of benzene rings is 1. The lowest BCUT2D eigenvalue weighted by Gasteiger charge is -2.17. The molecule has 1 aliphatic heterocycles. The molecule has 1 saturated heterocycles. The predicted molar refractivity (Wildman–Crippen MR) is 68.9 cm³/mol. The summed E-state index contributed by atoms with van der Waals surface area (Å²) in [5, 5.41) is 10.2. The molecule has 0 bridgehead atoms. The molecule has 1 aromatic heterocycles. The zero-order valence-electron chi connectivity index (χ0n) is 9.88. The molecule has 4 N–H and O–H groups in total. The summed E-state index contributed by atoms with van der Waals surface area (Å²) in [6.07, 6.45) is 2.88. The lowest BCUT2D eigenvalue weighted by atomic mass is 10.1. The van der Waals surface area contributed by atoms with Gasteiger partial charge in [0.1, 0.15) is 6.29 Å². The van der Waals surface area contributed by atoms with Crippen molar-refractivity contribution >= 4 is 16.7 Å². The van der Waals surface area contributed by atoms with E-state index < -0.39 is 0 Å². The molecule has 0 unspecified atom stereocenters. The van der Waals surface area contributed by atoms with E-state index in [9.17, 15) is 0 Å². The van der Waals surface area contributed by atoms with Crippen LogP contribution in [0.5, 0.6) is 0 Å². The topological polar surface area (TPSA) is 64.8 Å². The number of nitrogens with zero attached hydrogens (tertiary/aromatic N) is 1. The molecule has 5 heteroatoms. The second-order valence-electron chi connectivity index (χ2n) is 4.23. The zero-order chi connectivity index (χ0) is 11.7. The smallest absolute Gasteiger partial charge is 0.132 e. The van der Waals surface area contributed by atoms with Crippen molar-refractivity contribution in [3.05, 3.63) is 24.0 Å². The fourth-order valence-electron chi connectivity index (χ4n) is 2.32. The van der Waals surface area contributed by atoms with Gasteiger partial charge in [0.05, 0.1) is 17.4 Å². The summed E-state index contributed by atoms with van der Waals surface area (Å²) in [5.41, 5.74) is 4.58. The minimum Gasteiger partial charge on any atom is -0.357 e. The molecule has 0 spiro atoms. The normalized spacial score (nSPS) is 16.8. The molecule has 0 radical (unpaired) electrons. The minimum absolute atomic E-state index is 0.164.